The minimum Gasteiger partial charge on any atom is -0.458 e. The first kappa shape index (κ1) is 68.9. The van der Waals surface area contributed by atoms with E-state index in [4.69, 9.17) is 38.2 Å². The number of pyridine rings is 4. The summed E-state index contributed by atoms with van der Waals surface area (Å²) in [5.74, 6) is -0.596. The van der Waals surface area contributed by atoms with E-state index in [0.29, 0.717) is 108 Å². The molecule has 0 aliphatic carbocycles. The number of likely N-dealkylation sites (tertiary alicyclic amines) is 4. The van der Waals surface area contributed by atoms with Crippen LogP contribution in [0.25, 0.3) is 44.6 Å². The number of hydrogen-bond acceptors (Lipinski definition) is 18. The van der Waals surface area contributed by atoms with Gasteiger partial charge in [-0.3, -0.25) is 9.59 Å². The lowest BCUT2D eigenvalue weighted by molar-refractivity contribution is -0.172. The molecule has 0 bridgehead atoms. The highest BCUT2D eigenvalue weighted by molar-refractivity contribution is 9.10. The number of fused-ring (bicyclic) bond motifs is 10. The summed E-state index contributed by atoms with van der Waals surface area (Å²) in [5, 5.41) is 23.8. The molecule has 22 nitrogen and oxygen atoms in total. The van der Waals surface area contributed by atoms with E-state index in [-0.39, 0.29) is 89.9 Å². The monoisotopic (exact) mass is 1400 g/mol. The molecule has 0 unspecified atom stereocenters. The number of allylic oxidation sites excluding steroid dienone is 2. The molecule has 15 rings (SSSR count). The first-order valence-electron chi connectivity index (χ1n) is 34.9. The fourth-order valence-electron chi connectivity index (χ4n) is 15.5. The number of amides is 2. The second kappa shape index (κ2) is 27.5. The van der Waals surface area contributed by atoms with E-state index < -0.39 is 23.1 Å². The number of cyclic esters (lactones) is 2. The molecule has 2 N–H and O–H groups in total. The highest BCUT2D eigenvalue weighted by Crippen LogP contribution is 2.44. The number of nitrogens with zero attached hydrogens (tertiary/aromatic N) is 8. The van der Waals surface area contributed by atoms with Gasteiger partial charge in [0.2, 0.25) is 0 Å². The van der Waals surface area contributed by atoms with Gasteiger partial charge < -0.3 is 67.2 Å². The van der Waals surface area contributed by atoms with Crippen LogP contribution in [0, 0.1) is 0 Å². The van der Waals surface area contributed by atoms with E-state index in [1.165, 1.54) is 38.5 Å². The van der Waals surface area contributed by atoms with Gasteiger partial charge in [0.05, 0.1) is 73.7 Å². The van der Waals surface area contributed by atoms with Crippen LogP contribution in [0.4, 0.5) is 9.59 Å². The third kappa shape index (κ3) is 12.6. The van der Waals surface area contributed by atoms with E-state index in [9.17, 15) is 39.0 Å². The zero-order chi connectivity index (χ0) is 69.2. The van der Waals surface area contributed by atoms with Crippen molar-refractivity contribution in [3.8, 4) is 34.3 Å². The molecule has 9 aliphatic heterocycles. The number of rotatable bonds is 10. The second-order valence-electron chi connectivity index (χ2n) is 28.3. The predicted molar refractivity (Wildman–Crippen MR) is 374 cm³/mol. The fourth-order valence-corrected chi connectivity index (χ4v) is 16.1. The van der Waals surface area contributed by atoms with Gasteiger partial charge in [0, 0.05) is 83.2 Å². The van der Waals surface area contributed by atoms with E-state index >= 15 is 0 Å². The number of aromatic nitrogens is 4. The van der Waals surface area contributed by atoms with Gasteiger partial charge in [-0.1, -0.05) is 38.8 Å². The Morgan fingerprint density at radius 1 is 0.612 bits per heavy atom. The van der Waals surface area contributed by atoms with Crippen LogP contribution in [-0.2, 0) is 72.3 Å². The van der Waals surface area contributed by atoms with Crippen molar-refractivity contribution in [3.63, 3.8) is 0 Å². The van der Waals surface area contributed by atoms with Crippen LogP contribution in [0.1, 0.15) is 158 Å². The standard InChI is InChI=1S/C34H38N4O6.C31H33BrN4O6.C9H17BO2/c1-3-8-23-24-17-21-19-38-28(18-26-25(31(38)39)20-43-32(40)34(26,42)4-2)30(21)35-27(24)9-10-29(23)44-33(41)37-15-11-22(12-16-37)36-13-6-5-7-14-36;1-2-31(40)22-15-24-27-18(16-36(24)28(37)21(22)17-41-29(31)38)14-20-23(33-27)6-7-25(26(20)32)42-30(39)35-12-8-19(9-13-35)34-10-4-3-5-11-34;1-6-7-10-11-8(2,3)9(4,5)12-10/h3,9-10,17-18,22,42H,1,4-8,11-16,19-20H2,2H3;6-7,14-15,19,40H,2-5,8-13,16-17H2,1H3;6H,1,7H2,2-5H3/t34-;31-;/m00./s1. The van der Waals surface area contributed by atoms with Gasteiger partial charge in [-0.2, -0.15) is 0 Å². The van der Waals surface area contributed by atoms with Crippen LogP contribution >= 0.6 is 15.9 Å². The molecule has 2 amide bonds. The zero-order valence-corrected chi connectivity index (χ0v) is 58.6. The first-order valence-corrected chi connectivity index (χ1v) is 35.7. The normalized spacial score (nSPS) is 22.6. The Kier molecular flexibility index (Phi) is 19.3. The molecular formula is C74H88BBrN8O14. The van der Waals surface area contributed by atoms with Crippen molar-refractivity contribution < 1.29 is 57.6 Å². The van der Waals surface area contributed by atoms with Crippen molar-refractivity contribution in [3.05, 3.63) is 138 Å². The average Bonchev–Trinajstić information content (AvgIpc) is 1.15. The van der Waals surface area contributed by atoms with Crippen molar-refractivity contribution in [1.82, 2.24) is 38.7 Å². The van der Waals surface area contributed by atoms with Gasteiger partial charge in [0.1, 0.15) is 24.7 Å². The number of carbonyl (C=O) groups excluding carboxylic acids is 4. The summed E-state index contributed by atoms with van der Waals surface area (Å²) in [6.07, 6.45) is 15.8. The molecule has 0 spiro atoms. The number of piperidine rings is 4. The van der Waals surface area contributed by atoms with Gasteiger partial charge >= 0.3 is 31.2 Å². The Morgan fingerprint density at radius 2 is 1.04 bits per heavy atom. The Balaban J connectivity index is 0.000000151. The van der Waals surface area contributed by atoms with Crippen LogP contribution in [0.2, 0.25) is 6.32 Å². The van der Waals surface area contributed by atoms with Crippen LogP contribution < -0.4 is 20.6 Å². The van der Waals surface area contributed by atoms with Crippen molar-refractivity contribution >= 4 is 69.0 Å². The highest BCUT2D eigenvalue weighted by Gasteiger charge is 2.51. The van der Waals surface area contributed by atoms with E-state index in [1.54, 1.807) is 69.2 Å². The van der Waals surface area contributed by atoms with E-state index in [0.717, 1.165) is 85.6 Å². The molecule has 6 aromatic rings. The molecule has 2 aromatic carbocycles. The van der Waals surface area contributed by atoms with Gasteiger partial charge in [-0.05, 0) is 189 Å². The summed E-state index contributed by atoms with van der Waals surface area (Å²) in [5.41, 5.74) is 2.55. The van der Waals surface area contributed by atoms with Crippen LogP contribution in [0.3, 0.4) is 0 Å². The lowest BCUT2D eigenvalue weighted by Gasteiger charge is -2.39. The van der Waals surface area contributed by atoms with Crippen molar-refractivity contribution in [2.75, 3.05) is 52.4 Å². The maximum atomic E-state index is 13.5. The Morgan fingerprint density at radius 3 is 1.48 bits per heavy atom. The summed E-state index contributed by atoms with van der Waals surface area (Å²) in [6, 6.07) is 15.6. The minimum atomic E-state index is -1.87. The molecule has 0 radical (unpaired) electrons. The van der Waals surface area contributed by atoms with Crippen LogP contribution in [0.5, 0.6) is 11.5 Å². The molecule has 13 heterocycles. The maximum Gasteiger partial charge on any atom is 0.461 e. The highest BCUT2D eigenvalue weighted by atomic mass is 79.9. The summed E-state index contributed by atoms with van der Waals surface area (Å²) in [6.45, 7) is 26.8. The smallest absolute Gasteiger partial charge is 0.458 e. The first-order chi connectivity index (χ1) is 47.0. The van der Waals surface area contributed by atoms with Crippen LogP contribution in [-0.4, -0.2) is 156 Å². The molecule has 518 valence electrons. The summed E-state index contributed by atoms with van der Waals surface area (Å²) >= 11 is 3.64. The number of halogens is 1. The van der Waals surface area contributed by atoms with Gasteiger partial charge in [0.15, 0.2) is 11.2 Å². The summed E-state index contributed by atoms with van der Waals surface area (Å²) in [4.78, 5) is 96.8. The van der Waals surface area contributed by atoms with Gasteiger partial charge in [-0.15, -0.1) is 13.2 Å². The zero-order valence-electron chi connectivity index (χ0n) is 57.1. The average molecular weight is 1400 g/mol. The van der Waals surface area contributed by atoms with Gasteiger partial charge in [-0.25, -0.2) is 29.1 Å². The van der Waals surface area contributed by atoms with Crippen LogP contribution in [0.15, 0.2) is 87.9 Å². The van der Waals surface area contributed by atoms with Crippen molar-refractivity contribution in [2.45, 2.75) is 192 Å². The molecular weight excluding hydrogens is 1320 g/mol. The lowest BCUT2D eigenvalue weighted by Crippen LogP contribution is -2.48. The summed E-state index contributed by atoms with van der Waals surface area (Å²) < 4.78 is 37.5. The van der Waals surface area contributed by atoms with E-state index in [1.807, 2.05) is 24.3 Å². The number of esters is 2. The number of carbonyl (C=O) groups is 4. The molecule has 9 aliphatic rings. The molecule has 4 aromatic heterocycles. The predicted octanol–water partition coefficient (Wildman–Crippen LogP) is 10.8. The number of hydrogen-bond donors (Lipinski definition) is 2. The number of ether oxygens (including phenoxy) is 4. The topological polar surface area (TPSA) is 247 Å². The molecule has 0 saturated carbocycles. The quantitative estimate of drug-likeness (QED) is 0.0734. The SMILES string of the molecule is C=CCB1OC(C)(C)C(C)(C)O1.C=CCc1c(OC(=O)N2CCC(N3CCCCC3)CC2)ccc2nc3c(cc12)Cn1c-3cc2c(c1=O)COC(=O)[C@]2(O)CC.CC[C@@]1(O)C(=O)OCc2c1cc1n(c2=O)Cc2cc3c(Br)c(OC(=O)N4CCC(N5CCCCC5)CC4)ccc3nc2-1. The third-order valence-corrected chi connectivity index (χ3v) is 22.8. The van der Waals surface area contributed by atoms with Crippen molar-refractivity contribution in [2.24, 2.45) is 0 Å². The molecule has 5 fully saturated rings. The summed E-state index contributed by atoms with van der Waals surface area (Å²) in [7, 11) is -0.118. The molecule has 5 saturated heterocycles. The number of aliphatic hydroxyl groups is 2. The fraction of sp³-hybridized carbons (Fsp3) is 0.514. The maximum absolute atomic E-state index is 13.5. The van der Waals surface area contributed by atoms with E-state index in [2.05, 4.69) is 66.6 Å². The number of benzene rings is 2. The molecule has 24 heteroatoms. The Hall–Kier alpha value is -7.58. The third-order valence-electron chi connectivity index (χ3n) is 22.0. The largest absolute Gasteiger partial charge is 0.461 e. The van der Waals surface area contributed by atoms with Gasteiger partial charge in [0.25, 0.3) is 11.1 Å². The minimum absolute atomic E-state index is 0.0859. The molecule has 2 atom stereocenters. The second-order valence-corrected chi connectivity index (χ2v) is 29.1. The van der Waals surface area contributed by atoms with Crippen molar-refractivity contribution in [1.29, 1.82) is 0 Å². The lowest BCUT2D eigenvalue weighted by atomic mass is 9.85. The molecule has 98 heavy (non-hydrogen) atoms. The Bertz CT molecular complexity index is 4300. The Labute approximate surface area is 579 Å².